The Morgan fingerprint density at radius 2 is 1.66 bits per heavy atom. The Labute approximate surface area is 206 Å². The molecule has 2 amide bonds. The van der Waals surface area contributed by atoms with Crippen LogP contribution in [0, 0.1) is 17.0 Å². The summed E-state index contributed by atoms with van der Waals surface area (Å²) < 4.78 is 11.4. The number of ether oxygens (including phenoxy) is 2. The number of nitro benzene ring substituents is 1. The maximum Gasteiger partial charge on any atom is 0.293 e. The molecule has 1 aliphatic heterocycles. The fourth-order valence-corrected chi connectivity index (χ4v) is 4.27. The van der Waals surface area contributed by atoms with Crippen molar-refractivity contribution in [1.29, 1.82) is 0 Å². The molecule has 35 heavy (non-hydrogen) atoms. The highest BCUT2D eigenvalue weighted by Gasteiger charge is 2.36. The van der Waals surface area contributed by atoms with E-state index in [4.69, 9.17) is 9.47 Å². The molecule has 1 aliphatic rings. The number of rotatable bonds is 9. The fourth-order valence-electron chi connectivity index (χ4n) is 3.43. The topological polar surface area (TPSA) is 99.0 Å². The molecule has 0 atom stereocenters. The van der Waals surface area contributed by atoms with E-state index in [9.17, 15) is 19.7 Å². The Hall–Kier alpha value is -4.11. The van der Waals surface area contributed by atoms with Crippen LogP contribution >= 0.6 is 11.8 Å². The first-order valence-electron chi connectivity index (χ1n) is 10.8. The van der Waals surface area contributed by atoms with Gasteiger partial charge in [-0.15, -0.1) is 0 Å². The van der Waals surface area contributed by atoms with Crippen molar-refractivity contribution in [2.24, 2.45) is 0 Å². The molecular formula is C26H22N2O6S. The van der Waals surface area contributed by atoms with Gasteiger partial charge in [-0.3, -0.25) is 24.6 Å². The second-order valence-electron chi connectivity index (χ2n) is 7.74. The van der Waals surface area contributed by atoms with E-state index in [1.54, 1.807) is 42.5 Å². The molecule has 0 unspecified atom stereocenters. The minimum atomic E-state index is -0.526. The summed E-state index contributed by atoms with van der Waals surface area (Å²) in [5, 5.41) is 10.8. The van der Waals surface area contributed by atoms with Crippen LogP contribution in [-0.4, -0.2) is 34.2 Å². The third-order valence-electron chi connectivity index (χ3n) is 5.19. The lowest BCUT2D eigenvalue weighted by Crippen LogP contribution is -2.27. The Balaban J connectivity index is 1.38. The van der Waals surface area contributed by atoms with Gasteiger partial charge in [-0.2, -0.15) is 0 Å². The van der Waals surface area contributed by atoms with E-state index in [1.165, 1.54) is 12.1 Å². The van der Waals surface area contributed by atoms with Crippen LogP contribution in [0.4, 0.5) is 10.5 Å². The molecule has 0 bridgehead atoms. The summed E-state index contributed by atoms with van der Waals surface area (Å²) >= 11 is 0.804. The Morgan fingerprint density at radius 1 is 0.943 bits per heavy atom. The van der Waals surface area contributed by atoms with Gasteiger partial charge in [0.2, 0.25) is 0 Å². The number of imide groups is 1. The summed E-state index contributed by atoms with van der Waals surface area (Å²) in [5.41, 5.74) is 2.01. The van der Waals surface area contributed by atoms with Crippen LogP contribution in [0.25, 0.3) is 6.08 Å². The normalized spacial score (nSPS) is 14.4. The monoisotopic (exact) mass is 490 g/mol. The summed E-state index contributed by atoms with van der Waals surface area (Å²) in [6.45, 7) is 2.56. The molecule has 0 radical (unpaired) electrons. The molecule has 1 fully saturated rings. The van der Waals surface area contributed by atoms with Crippen molar-refractivity contribution in [3.8, 4) is 11.5 Å². The lowest BCUT2D eigenvalue weighted by Gasteiger charge is -2.12. The number of para-hydroxylation sites is 1. The molecule has 0 aromatic heterocycles. The SMILES string of the molecule is Cc1ccc(OCCOc2cccc(/C=C3\SC(=O)N(Cc4ccccc4[N+](=O)[O-])C3=O)c2)cc1. The number of nitrogens with zero attached hydrogens (tertiary/aromatic N) is 2. The van der Waals surface area contributed by atoms with Gasteiger partial charge in [0.1, 0.15) is 24.7 Å². The van der Waals surface area contributed by atoms with Crippen LogP contribution in [0.3, 0.4) is 0 Å². The van der Waals surface area contributed by atoms with Crippen LogP contribution in [0.5, 0.6) is 11.5 Å². The first-order chi connectivity index (χ1) is 16.9. The Kier molecular flexibility index (Phi) is 7.47. The van der Waals surface area contributed by atoms with Gasteiger partial charge in [-0.05, 0) is 54.6 Å². The summed E-state index contributed by atoms with van der Waals surface area (Å²) in [6, 6.07) is 21.0. The van der Waals surface area contributed by atoms with Crippen LogP contribution < -0.4 is 9.47 Å². The van der Waals surface area contributed by atoms with E-state index < -0.39 is 16.1 Å². The molecule has 3 aromatic rings. The van der Waals surface area contributed by atoms with Gasteiger partial charge in [0.25, 0.3) is 16.8 Å². The first-order valence-corrected chi connectivity index (χ1v) is 11.6. The van der Waals surface area contributed by atoms with E-state index in [0.29, 0.717) is 30.1 Å². The van der Waals surface area contributed by atoms with Crippen molar-refractivity contribution >= 4 is 34.7 Å². The molecule has 0 spiro atoms. The van der Waals surface area contributed by atoms with Gasteiger partial charge in [0, 0.05) is 11.6 Å². The van der Waals surface area contributed by atoms with Gasteiger partial charge in [0.15, 0.2) is 0 Å². The van der Waals surface area contributed by atoms with Crippen molar-refractivity contribution in [2.75, 3.05) is 13.2 Å². The number of aryl methyl sites for hydroxylation is 1. The van der Waals surface area contributed by atoms with Crippen LogP contribution in [-0.2, 0) is 11.3 Å². The zero-order valence-electron chi connectivity index (χ0n) is 18.9. The van der Waals surface area contributed by atoms with Gasteiger partial charge in [-0.1, -0.05) is 48.0 Å². The van der Waals surface area contributed by atoms with Gasteiger partial charge < -0.3 is 9.47 Å². The lowest BCUT2D eigenvalue weighted by molar-refractivity contribution is -0.385. The summed E-state index contributed by atoms with van der Waals surface area (Å²) in [4.78, 5) is 37.3. The highest BCUT2D eigenvalue weighted by atomic mass is 32.2. The largest absolute Gasteiger partial charge is 0.490 e. The molecule has 178 valence electrons. The van der Waals surface area contributed by atoms with E-state index in [0.717, 1.165) is 28.0 Å². The van der Waals surface area contributed by atoms with Gasteiger partial charge >= 0.3 is 0 Å². The third kappa shape index (κ3) is 6.07. The standard InChI is InChI=1S/C26H22N2O6S/c1-18-9-11-21(12-10-18)33-13-14-34-22-7-4-5-19(15-22)16-24-25(29)27(26(30)35-24)17-20-6-2-3-8-23(20)28(31)32/h2-12,15-16H,13-14,17H2,1H3/b24-16-. The second kappa shape index (κ2) is 10.9. The third-order valence-corrected chi connectivity index (χ3v) is 6.10. The van der Waals surface area contributed by atoms with E-state index in [1.807, 2.05) is 31.2 Å². The molecule has 0 aliphatic carbocycles. The molecule has 9 heteroatoms. The fraction of sp³-hybridized carbons (Fsp3) is 0.154. The highest BCUT2D eigenvalue weighted by molar-refractivity contribution is 8.18. The van der Waals surface area contributed by atoms with Crippen molar-refractivity contribution < 1.29 is 24.0 Å². The van der Waals surface area contributed by atoms with Crippen LogP contribution in [0.15, 0.2) is 77.7 Å². The second-order valence-corrected chi connectivity index (χ2v) is 8.73. The van der Waals surface area contributed by atoms with E-state index in [-0.39, 0.29) is 17.1 Å². The molecule has 0 N–H and O–H groups in total. The summed E-state index contributed by atoms with van der Waals surface area (Å²) in [7, 11) is 0. The zero-order chi connectivity index (χ0) is 24.8. The van der Waals surface area contributed by atoms with Crippen molar-refractivity contribution in [3.63, 3.8) is 0 Å². The van der Waals surface area contributed by atoms with Crippen molar-refractivity contribution in [3.05, 3.63) is 105 Å². The predicted molar refractivity (Wildman–Crippen MR) is 133 cm³/mol. The summed E-state index contributed by atoms with van der Waals surface area (Å²) in [5.74, 6) is 0.880. The lowest BCUT2D eigenvalue weighted by atomic mass is 10.1. The highest BCUT2D eigenvalue weighted by Crippen LogP contribution is 2.34. The molecule has 8 nitrogen and oxygen atoms in total. The molecule has 1 saturated heterocycles. The number of nitro groups is 1. The Bertz CT molecular complexity index is 1290. The predicted octanol–water partition coefficient (Wildman–Crippen LogP) is 5.60. The minimum Gasteiger partial charge on any atom is -0.490 e. The number of benzene rings is 3. The quantitative estimate of drug-likeness (QED) is 0.167. The van der Waals surface area contributed by atoms with Gasteiger partial charge in [0.05, 0.1) is 16.4 Å². The zero-order valence-corrected chi connectivity index (χ0v) is 19.7. The maximum absolute atomic E-state index is 12.9. The average Bonchev–Trinajstić information content (AvgIpc) is 3.10. The number of carbonyl (C=O) groups is 2. The maximum atomic E-state index is 12.9. The first kappa shape index (κ1) is 24.0. The number of thioether (sulfide) groups is 1. The number of carbonyl (C=O) groups excluding carboxylic acids is 2. The van der Waals surface area contributed by atoms with Gasteiger partial charge in [-0.25, -0.2) is 0 Å². The Morgan fingerprint density at radius 3 is 2.40 bits per heavy atom. The minimum absolute atomic E-state index is 0.133. The molecule has 3 aromatic carbocycles. The molecular weight excluding hydrogens is 468 g/mol. The summed E-state index contributed by atoms with van der Waals surface area (Å²) in [6.07, 6.45) is 1.61. The van der Waals surface area contributed by atoms with Crippen LogP contribution in [0.1, 0.15) is 16.7 Å². The molecule has 4 rings (SSSR count). The van der Waals surface area contributed by atoms with E-state index >= 15 is 0 Å². The number of amides is 2. The smallest absolute Gasteiger partial charge is 0.293 e. The molecule has 1 heterocycles. The number of hydrogen-bond donors (Lipinski definition) is 0. The van der Waals surface area contributed by atoms with Crippen molar-refractivity contribution in [1.82, 2.24) is 4.90 Å². The number of hydrogen-bond acceptors (Lipinski definition) is 7. The van der Waals surface area contributed by atoms with Crippen molar-refractivity contribution in [2.45, 2.75) is 13.5 Å². The van der Waals surface area contributed by atoms with E-state index in [2.05, 4.69) is 0 Å². The van der Waals surface area contributed by atoms with Crippen LogP contribution in [0.2, 0.25) is 0 Å². The molecule has 0 saturated carbocycles. The average molecular weight is 491 g/mol.